The van der Waals surface area contributed by atoms with Crippen molar-refractivity contribution in [3.05, 3.63) is 0 Å². The molecule has 16 heavy (non-hydrogen) atoms. The van der Waals surface area contributed by atoms with Gasteiger partial charge in [0.1, 0.15) is 0 Å². The van der Waals surface area contributed by atoms with E-state index in [1.165, 1.54) is 38.5 Å². The van der Waals surface area contributed by atoms with Crippen LogP contribution in [0.25, 0.3) is 0 Å². The van der Waals surface area contributed by atoms with Gasteiger partial charge in [0.25, 0.3) is 0 Å². The van der Waals surface area contributed by atoms with Gasteiger partial charge in [0, 0.05) is 6.04 Å². The summed E-state index contributed by atoms with van der Waals surface area (Å²) in [5, 5.41) is 8.65. The van der Waals surface area contributed by atoms with Gasteiger partial charge in [0.05, 0.1) is 6.42 Å². The lowest BCUT2D eigenvalue weighted by Crippen LogP contribution is -2.30. The molecule has 94 valence electrons. The number of carboxylic acid groups (broad SMARTS) is 1. The van der Waals surface area contributed by atoms with Gasteiger partial charge in [-0.2, -0.15) is 0 Å². The maximum atomic E-state index is 10.5. The van der Waals surface area contributed by atoms with Crippen molar-refractivity contribution < 1.29 is 9.90 Å². The Morgan fingerprint density at radius 3 is 2.62 bits per heavy atom. The second-order valence-corrected chi connectivity index (χ2v) is 5.32. The minimum atomic E-state index is -0.782. The summed E-state index contributed by atoms with van der Waals surface area (Å²) in [4.78, 5) is 10.5. The van der Waals surface area contributed by atoms with E-state index in [0.29, 0.717) is 5.92 Å². The van der Waals surface area contributed by atoms with Crippen molar-refractivity contribution in [3.8, 4) is 0 Å². The SMILES string of the molecule is C[C@H](CCCC1CCCC1)[C@H](N)CC(=O)O. The van der Waals surface area contributed by atoms with Crippen LogP contribution in [-0.2, 0) is 4.79 Å². The molecule has 0 amide bonds. The second kappa shape index (κ2) is 6.89. The molecule has 0 aromatic carbocycles. The fourth-order valence-electron chi connectivity index (χ4n) is 2.64. The zero-order valence-electron chi connectivity index (χ0n) is 10.3. The van der Waals surface area contributed by atoms with Crippen LogP contribution in [0.1, 0.15) is 58.3 Å². The van der Waals surface area contributed by atoms with Crippen molar-refractivity contribution in [2.24, 2.45) is 17.6 Å². The quantitative estimate of drug-likeness (QED) is 0.703. The average Bonchev–Trinajstić information content (AvgIpc) is 2.69. The summed E-state index contributed by atoms with van der Waals surface area (Å²) >= 11 is 0. The van der Waals surface area contributed by atoms with Gasteiger partial charge in [-0.25, -0.2) is 0 Å². The van der Waals surface area contributed by atoms with E-state index in [-0.39, 0.29) is 12.5 Å². The van der Waals surface area contributed by atoms with Crippen LogP contribution in [0.15, 0.2) is 0 Å². The van der Waals surface area contributed by atoms with Crippen LogP contribution in [0.5, 0.6) is 0 Å². The molecular weight excluding hydrogens is 202 g/mol. The molecule has 0 aliphatic heterocycles. The van der Waals surface area contributed by atoms with Gasteiger partial charge in [0.15, 0.2) is 0 Å². The summed E-state index contributed by atoms with van der Waals surface area (Å²) < 4.78 is 0. The molecule has 1 saturated carbocycles. The van der Waals surface area contributed by atoms with E-state index in [2.05, 4.69) is 6.92 Å². The van der Waals surface area contributed by atoms with Crippen LogP contribution in [0.3, 0.4) is 0 Å². The molecule has 0 spiro atoms. The van der Waals surface area contributed by atoms with Crippen molar-refractivity contribution in [1.29, 1.82) is 0 Å². The number of aliphatic carboxylic acids is 1. The van der Waals surface area contributed by atoms with Gasteiger partial charge in [-0.05, 0) is 18.3 Å². The van der Waals surface area contributed by atoms with Crippen LogP contribution >= 0.6 is 0 Å². The third-order valence-corrected chi connectivity index (χ3v) is 3.89. The first-order chi connectivity index (χ1) is 7.59. The van der Waals surface area contributed by atoms with E-state index in [9.17, 15) is 4.79 Å². The van der Waals surface area contributed by atoms with Crippen LogP contribution in [0.2, 0.25) is 0 Å². The Bertz CT molecular complexity index is 212. The Morgan fingerprint density at radius 2 is 2.06 bits per heavy atom. The molecule has 0 unspecified atom stereocenters. The highest BCUT2D eigenvalue weighted by Gasteiger charge is 2.18. The molecule has 0 aromatic rings. The van der Waals surface area contributed by atoms with E-state index < -0.39 is 5.97 Å². The van der Waals surface area contributed by atoms with Gasteiger partial charge in [-0.15, -0.1) is 0 Å². The van der Waals surface area contributed by atoms with Gasteiger partial charge in [-0.1, -0.05) is 45.4 Å². The van der Waals surface area contributed by atoms with E-state index in [0.717, 1.165) is 12.3 Å². The summed E-state index contributed by atoms with van der Waals surface area (Å²) in [6, 6.07) is -0.180. The smallest absolute Gasteiger partial charge is 0.304 e. The summed E-state index contributed by atoms with van der Waals surface area (Å²) in [5.41, 5.74) is 5.83. The van der Waals surface area contributed by atoms with Gasteiger partial charge in [-0.3, -0.25) is 4.79 Å². The van der Waals surface area contributed by atoms with Crippen LogP contribution in [0.4, 0.5) is 0 Å². The zero-order valence-corrected chi connectivity index (χ0v) is 10.3. The lowest BCUT2D eigenvalue weighted by molar-refractivity contribution is -0.137. The highest BCUT2D eigenvalue weighted by atomic mass is 16.4. The highest BCUT2D eigenvalue weighted by molar-refractivity contribution is 5.67. The number of rotatable bonds is 7. The fraction of sp³-hybridized carbons (Fsp3) is 0.923. The summed E-state index contributed by atoms with van der Waals surface area (Å²) in [6.45, 7) is 2.07. The largest absolute Gasteiger partial charge is 0.481 e. The van der Waals surface area contributed by atoms with E-state index in [1.807, 2.05) is 0 Å². The van der Waals surface area contributed by atoms with Crippen molar-refractivity contribution in [2.75, 3.05) is 0 Å². The average molecular weight is 227 g/mol. The molecule has 0 saturated heterocycles. The maximum absolute atomic E-state index is 10.5. The predicted octanol–water partition coefficient (Wildman–Crippen LogP) is 2.79. The maximum Gasteiger partial charge on any atom is 0.304 e. The third-order valence-electron chi connectivity index (χ3n) is 3.89. The summed E-state index contributed by atoms with van der Waals surface area (Å²) in [7, 11) is 0. The molecule has 0 bridgehead atoms. The predicted molar refractivity (Wildman–Crippen MR) is 65.2 cm³/mol. The minimum Gasteiger partial charge on any atom is -0.481 e. The molecule has 3 nitrogen and oxygen atoms in total. The lowest BCUT2D eigenvalue weighted by Gasteiger charge is -2.18. The number of nitrogens with two attached hydrogens (primary N) is 1. The third kappa shape index (κ3) is 4.97. The van der Waals surface area contributed by atoms with Crippen molar-refractivity contribution in [1.82, 2.24) is 0 Å². The molecule has 0 radical (unpaired) electrons. The van der Waals surface area contributed by atoms with E-state index >= 15 is 0 Å². The van der Waals surface area contributed by atoms with E-state index in [1.54, 1.807) is 0 Å². The van der Waals surface area contributed by atoms with Crippen molar-refractivity contribution >= 4 is 5.97 Å². The number of hydrogen-bond acceptors (Lipinski definition) is 2. The van der Waals surface area contributed by atoms with Gasteiger partial charge >= 0.3 is 5.97 Å². The number of carbonyl (C=O) groups is 1. The first-order valence-electron chi connectivity index (χ1n) is 6.57. The Labute approximate surface area is 98.4 Å². The lowest BCUT2D eigenvalue weighted by atomic mass is 9.91. The van der Waals surface area contributed by atoms with Crippen LogP contribution in [0, 0.1) is 11.8 Å². The van der Waals surface area contributed by atoms with E-state index in [4.69, 9.17) is 10.8 Å². The van der Waals surface area contributed by atoms with Gasteiger partial charge < -0.3 is 10.8 Å². The summed E-state index contributed by atoms with van der Waals surface area (Å²) in [5.74, 6) is 0.482. The second-order valence-electron chi connectivity index (χ2n) is 5.32. The fourth-order valence-corrected chi connectivity index (χ4v) is 2.64. The topological polar surface area (TPSA) is 63.3 Å². The molecule has 2 atom stereocenters. The molecule has 1 fully saturated rings. The highest BCUT2D eigenvalue weighted by Crippen LogP contribution is 2.29. The Morgan fingerprint density at radius 1 is 1.44 bits per heavy atom. The van der Waals surface area contributed by atoms with Crippen molar-refractivity contribution in [3.63, 3.8) is 0 Å². The summed E-state index contributed by atoms with van der Waals surface area (Å²) in [6.07, 6.45) is 9.29. The van der Waals surface area contributed by atoms with Gasteiger partial charge in [0.2, 0.25) is 0 Å². The molecule has 3 heteroatoms. The first kappa shape index (κ1) is 13.5. The Kier molecular flexibility index (Phi) is 5.81. The zero-order chi connectivity index (χ0) is 12.0. The first-order valence-corrected chi connectivity index (χ1v) is 6.57. The number of hydrogen-bond donors (Lipinski definition) is 2. The molecular formula is C13H25NO2. The number of carboxylic acids is 1. The minimum absolute atomic E-state index is 0.102. The molecule has 3 N–H and O–H groups in total. The van der Waals surface area contributed by atoms with Crippen molar-refractivity contribution in [2.45, 2.75) is 64.3 Å². The molecule has 0 heterocycles. The Hall–Kier alpha value is -0.570. The standard InChI is InChI=1S/C13H25NO2/c1-10(12(14)9-13(15)16)5-4-8-11-6-2-3-7-11/h10-12H,2-9,14H2,1H3,(H,15,16)/t10-,12-/m1/s1. The molecule has 1 aliphatic carbocycles. The normalized spacial score (nSPS) is 20.9. The monoisotopic (exact) mass is 227 g/mol. The van der Waals surface area contributed by atoms with Crippen LogP contribution in [-0.4, -0.2) is 17.1 Å². The molecule has 1 rings (SSSR count). The Balaban J connectivity index is 2.08. The molecule has 0 aromatic heterocycles. The molecule has 1 aliphatic rings. The van der Waals surface area contributed by atoms with Crippen LogP contribution < -0.4 is 5.73 Å².